The zero-order valence-electron chi connectivity index (χ0n) is 18.3. The lowest BCUT2D eigenvalue weighted by Gasteiger charge is -2.11. The molecule has 14 heteroatoms. The van der Waals surface area contributed by atoms with Crippen LogP contribution in [0.4, 0.5) is 4.79 Å². The van der Waals surface area contributed by atoms with Gasteiger partial charge in [-0.3, -0.25) is 19.4 Å². The van der Waals surface area contributed by atoms with Gasteiger partial charge in [-0.15, -0.1) is 0 Å². The Bertz CT molecular complexity index is 1280. The van der Waals surface area contributed by atoms with E-state index in [0.29, 0.717) is 16.6 Å². The van der Waals surface area contributed by atoms with Crippen LogP contribution in [0.2, 0.25) is 0 Å². The molecule has 0 aliphatic heterocycles. The number of para-hydroxylation sites is 2. The van der Waals surface area contributed by atoms with Crippen LogP contribution < -0.4 is 19.9 Å². The molecule has 0 saturated carbocycles. The monoisotopic (exact) mass is 504 g/mol. The number of carbonyl (C=O) groups excluding carboxylic acids is 3. The summed E-state index contributed by atoms with van der Waals surface area (Å²) in [7, 11) is -4.69. The van der Waals surface area contributed by atoms with E-state index in [-0.39, 0.29) is 42.9 Å². The summed E-state index contributed by atoms with van der Waals surface area (Å²) in [6.07, 6.45) is -1.16. The Morgan fingerprint density at radius 3 is 2.20 bits per heavy atom. The van der Waals surface area contributed by atoms with Gasteiger partial charge in [-0.25, -0.2) is 19.3 Å². The lowest BCUT2D eigenvalue weighted by atomic mass is 10.2. The van der Waals surface area contributed by atoms with Gasteiger partial charge in [-0.05, 0) is 29.8 Å². The molecule has 2 aromatic carbocycles. The number of phosphoric acid groups is 1. The van der Waals surface area contributed by atoms with Gasteiger partial charge in [-0.1, -0.05) is 24.3 Å². The summed E-state index contributed by atoms with van der Waals surface area (Å²) in [5, 5.41) is 5.09. The Kier molecular flexibility index (Phi) is 8.31. The molecule has 1 aromatic heterocycles. The van der Waals surface area contributed by atoms with Gasteiger partial charge in [0.15, 0.2) is 5.69 Å². The molecule has 35 heavy (non-hydrogen) atoms. The minimum Gasteiger partial charge on any atom is -0.429 e. The largest absolute Gasteiger partial charge is 0.524 e. The van der Waals surface area contributed by atoms with Crippen molar-refractivity contribution in [2.24, 2.45) is 0 Å². The summed E-state index contributed by atoms with van der Waals surface area (Å²) >= 11 is 0. The van der Waals surface area contributed by atoms with Gasteiger partial charge >= 0.3 is 14.0 Å². The maximum absolute atomic E-state index is 12.6. The molecule has 0 fully saturated rings. The number of aromatic nitrogens is 2. The standard InChI is InChI=1S/C21H21N4O9P/c1-13(26)22-10-11-23-19(27)18-20(25-17-5-3-2-4-16(17)24-18)33-21(28)32-12-14-6-8-15(9-7-14)34-35(29,30)31/h2-9H,10-12H2,1H3,(H,22,26)(H,23,27)(H2,29,30,31). The Labute approximate surface area is 198 Å². The highest BCUT2D eigenvalue weighted by molar-refractivity contribution is 7.46. The van der Waals surface area contributed by atoms with E-state index in [2.05, 4.69) is 25.1 Å². The predicted octanol–water partition coefficient (Wildman–Crippen LogP) is 1.68. The van der Waals surface area contributed by atoms with Crippen molar-refractivity contribution in [1.82, 2.24) is 20.6 Å². The van der Waals surface area contributed by atoms with Crippen molar-refractivity contribution in [3.05, 3.63) is 59.8 Å². The van der Waals surface area contributed by atoms with E-state index in [1.54, 1.807) is 24.3 Å². The fourth-order valence-corrected chi connectivity index (χ4v) is 3.13. The van der Waals surface area contributed by atoms with Crippen molar-refractivity contribution in [2.45, 2.75) is 13.5 Å². The van der Waals surface area contributed by atoms with Crippen LogP contribution in [0.5, 0.6) is 11.6 Å². The molecule has 0 aliphatic rings. The highest BCUT2D eigenvalue weighted by atomic mass is 31.2. The summed E-state index contributed by atoms with van der Waals surface area (Å²) in [4.78, 5) is 61.9. The third kappa shape index (κ3) is 8.03. The normalized spacial score (nSPS) is 10.9. The number of hydrogen-bond donors (Lipinski definition) is 4. The summed E-state index contributed by atoms with van der Waals surface area (Å²) in [6.45, 7) is 1.41. The van der Waals surface area contributed by atoms with E-state index in [1.165, 1.54) is 31.2 Å². The number of fused-ring (bicyclic) bond motifs is 1. The van der Waals surface area contributed by atoms with Gasteiger partial charge in [0.1, 0.15) is 12.4 Å². The number of benzene rings is 2. The average molecular weight is 504 g/mol. The summed E-state index contributed by atoms with van der Waals surface area (Å²) in [5.74, 6) is -1.35. The molecule has 0 aliphatic carbocycles. The molecule has 3 rings (SSSR count). The van der Waals surface area contributed by atoms with Crippen molar-refractivity contribution in [2.75, 3.05) is 13.1 Å². The fourth-order valence-electron chi connectivity index (χ4n) is 2.74. The Hall–Kier alpha value is -4.06. The molecule has 2 amide bonds. The first-order valence-electron chi connectivity index (χ1n) is 10.1. The fraction of sp³-hybridized carbons (Fsp3) is 0.190. The Morgan fingerprint density at radius 2 is 1.57 bits per heavy atom. The van der Waals surface area contributed by atoms with Crippen LogP contribution in [-0.2, 0) is 20.7 Å². The second-order valence-corrected chi connectivity index (χ2v) is 8.14. The van der Waals surface area contributed by atoms with E-state index in [0.717, 1.165) is 0 Å². The molecule has 184 valence electrons. The zero-order chi connectivity index (χ0) is 25.4. The van der Waals surface area contributed by atoms with Crippen molar-refractivity contribution in [3.8, 4) is 11.6 Å². The van der Waals surface area contributed by atoms with Gasteiger partial charge in [0.05, 0.1) is 11.0 Å². The van der Waals surface area contributed by atoms with Gasteiger partial charge in [0, 0.05) is 20.0 Å². The molecular formula is C21H21N4O9P. The maximum Gasteiger partial charge on any atom is 0.524 e. The first kappa shape index (κ1) is 25.6. The molecule has 0 saturated heterocycles. The highest BCUT2D eigenvalue weighted by Crippen LogP contribution is 2.37. The van der Waals surface area contributed by atoms with Crippen LogP contribution in [0.1, 0.15) is 23.0 Å². The Balaban J connectivity index is 1.68. The summed E-state index contributed by atoms with van der Waals surface area (Å²) in [6, 6.07) is 12.1. The molecule has 0 bridgehead atoms. The van der Waals surface area contributed by atoms with Crippen molar-refractivity contribution in [3.63, 3.8) is 0 Å². The second-order valence-electron chi connectivity index (χ2n) is 6.97. The third-order valence-electron chi connectivity index (χ3n) is 4.22. The number of hydrogen-bond acceptors (Lipinski definition) is 9. The number of nitrogens with zero attached hydrogens (tertiary/aromatic N) is 2. The lowest BCUT2D eigenvalue weighted by molar-refractivity contribution is -0.118. The number of phosphoric ester groups is 1. The molecule has 3 aromatic rings. The van der Waals surface area contributed by atoms with Gasteiger partial charge in [-0.2, -0.15) is 0 Å². The van der Waals surface area contributed by atoms with E-state index >= 15 is 0 Å². The molecule has 0 atom stereocenters. The third-order valence-corrected chi connectivity index (χ3v) is 4.67. The van der Waals surface area contributed by atoms with E-state index < -0.39 is 19.9 Å². The summed E-state index contributed by atoms with van der Waals surface area (Å²) in [5.41, 5.74) is 1.01. The van der Waals surface area contributed by atoms with Crippen molar-refractivity contribution >= 4 is 36.8 Å². The molecule has 4 N–H and O–H groups in total. The Morgan fingerprint density at radius 1 is 0.943 bits per heavy atom. The number of rotatable bonds is 9. The number of ether oxygens (including phenoxy) is 2. The van der Waals surface area contributed by atoms with Crippen LogP contribution in [0.15, 0.2) is 48.5 Å². The number of amides is 2. The van der Waals surface area contributed by atoms with Crippen molar-refractivity contribution in [1.29, 1.82) is 0 Å². The predicted molar refractivity (Wildman–Crippen MR) is 120 cm³/mol. The maximum atomic E-state index is 12.6. The van der Waals surface area contributed by atoms with Crippen LogP contribution in [0.3, 0.4) is 0 Å². The van der Waals surface area contributed by atoms with Crippen molar-refractivity contribution < 1.29 is 42.7 Å². The molecule has 1 heterocycles. The minimum absolute atomic E-state index is 0.0646. The van der Waals surface area contributed by atoms with Gasteiger partial charge < -0.3 is 24.6 Å². The van der Waals surface area contributed by atoms with Crippen LogP contribution >= 0.6 is 7.82 Å². The highest BCUT2D eigenvalue weighted by Gasteiger charge is 2.21. The second kappa shape index (κ2) is 11.4. The zero-order valence-corrected chi connectivity index (χ0v) is 19.2. The van der Waals surface area contributed by atoms with Crippen LogP contribution in [0, 0.1) is 0 Å². The molecule has 0 unspecified atom stereocenters. The van der Waals surface area contributed by atoms with Crippen LogP contribution in [0.25, 0.3) is 11.0 Å². The average Bonchev–Trinajstić information content (AvgIpc) is 2.79. The first-order chi connectivity index (χ1) is 16.6. The van der Waals surface area contributed by atoms with Gasteiger partial charge in [0.25, 0.3) is 11.8 Å². The van der Waals surface area contributed by atoms with Gasteiger partial charge in [0.2, 0.25) is 5.91 Å². The number of carbonyl (C=O) groups is 3. The first-order valence-corrected chi connectivity index (χ1v) is 11.6. The smallest absolute Gasteiger partial charge is 0.429 e. The lowest BCUT2D eigenvalue weighted by Crippen LogP contribution is -2.34. The molecule has 13 nitrogen and oxygen atoms in total. The van der Waals surface area contributed by atoms with E-state index in [1.807, 2.05) is 0 Å². The molecular weight excluding hydrogens is 483 g/mol. The SMILES string of the molecule is CC(=O)NCCNC(=O)c1nc2ccccc2nc1OC(=O)OCc1ccc(OP(=O)(O)O)cc1. The van der Waals surface area contributed by atoms with Crippen LogP contribution in [-0.4, -0.2) is 50.8 Å². The van der Waals surface area contributed by atoms with E-state index in [4.69, 9.17) is 19.3 Å². The minimum atomic E-state index is -4.69. The summed E-state index contributed by atoms with van der Waals surface area (Å²) < 4.78 is 25.5. The van der Waals surface area contributed by atoms with E-state index in [9.17, 15) is 18.9 Å². The molecule has 0 radical (unpaired) electrons. The quantitative estimate of drug-likeness (QED) is 0.189. The topological polar surface area (TPSA) is 186 Å². The molecule has 0 spiro atoms. The number of nitrogens with one attached hydrogen (secondary N) is 2.